The van der Waals surface area contributed by atoms with Crippen molar-refractivity contribution in [3.63, 3.8) is 0 Å². The summed E-state index contributed by atoms with van der Waals surface area (Å²) in [5.74, 6) is 0.336. The van der Waals surface area contributed by atoms with E-state index >= 15 is 0 Å². The van der Waals surface area contributed by atoms with Crippen LogP contribution in [-0.2, 0) is 10.0 Å². The fraction of sp³-hybridized carbons (Fsp3) is 0.409. The number of amides is 1. The Balaban J connectivity index is 1.86. The lowest BCUT2D eigenvalue weighted by atomic mass is 9.86. The minimum absolute atomic E-state index is 0.0649. The number of carbonyl (C=O) groups excluding carboxylic acids is 1. The average molecular weight is 417 g/mol. The van der Waals surface area contributed by atoms with Crippen LogP contribution in [0.15, 0.2) is 47.4 Å². The summed E-state index contributed by atoms with van der Waals surface area (Å²) in [5, 5.41) is 3.06. The van der Waals surface area contributed by atoms with E-state index in [9.17, 15) is 13.2 Å². The van der Waals surface area contributed by atoms with Crippen molar-refractivity contribution in [2.24, 2.45) is 5.92 Å². The lowest BCUT2D eigenvalue weighted by Crippen LogP contribution is -2.41. The van der Waals surface area contributed by atoms with Gasteiger partial charge in [0.15, 0.2) is 0 Å². The van der Waals surface area contributed by atoms with Gasteiger partial charge < -0.3 is 10.1 Å². The normalized spacial score (nSPS) is 19.4. The Morgan fingerprint density at radius 1 is 1.07 bits per heavy atom. The maximum atomic E-state index is 13.0. The molecule has 1 saturated carbocycles. The molecule has 0 spiro atoms. The Hall–Kier alpha value is -2.54. The number of methoxy groups -OCH3 is 1. The minimum Gasteiger partial charge on any atom is -0.495 e. The number of anilines is 1. The van der Waals surface area contributed by atoms with E-state index in [1.165, 1.54) is 25.7 Å². The zero-order chi connectivity index (χ0) is 21.0. The predicted octanol–water partition coefficient (Wildman–Crippen LogP) is 4.11. The molecule has 0 bridgehead atoms. The second-order valence-electron chi connectivity index (χ2n) is 7.68. The van der Waals surface area contributed by atoms with E-state index in [-0.39, 0.29) is 22.6 Å². The Labute approximate surface area is 172 Å². The summed E-state index contributed by atoms with van der Waals surface area (Å²) in [7, 11) is -2.52. The molecule has 2 aromatic rings. The summed E-state index contributed by atoms with van der Waals surface area (Å²) in [4.78, 5) is 12.7. The maximum Gasteiger partial charge on any atom is 0.265 e. The molecule has 0 aromatic heterocycles. The molecule has 6 nitrogen and oxygen atoms in total. The zero-order valence-corrected chi connectivity index (χ0v) is 17.9. The van der Waals surface area contributed by atoms with E-state index in [1.54, 1.807) is 18.2 Å². The van der Waals surface area contributed by atoms with E-state index < -0.39 is 10.0 Å². The van der Waals surface area contributed by atoms with Gasteiger partial charge in [-0.2, -0.15) is 0 Å². The van der Waals surface area contributed by atoms with Crippen LogP contribution in [-0.4, -0.2) is 27.5 Å². The van der Waals surface area contributed by atoms with E-state index in [1.807, 2.05) is 19.1 Å². The van der Waals surface area contributed by atoms with E-state index in [0.29, 0.717) is 17.2 Å². The molecule has 1 aliphatic carbocycles. The van der Waals surface area contributed by atoms with Gasteiger partial charge in [-0.05, 0) is 56.0 Å². The Bertz CT molecular complexity index is 971. The smallest absolute Gasteiger partial charge is 0.265 e. The molecule has 7 heteroatoms. The highest BCUT2D eigenvalue weighted by Crippen LogP contribution is 2.28. The SMILES string of the molecule is COc1ccc(C(=O)N[C@H]2CCCC[C@H]2C)cc1S(=O)(=O)Nc1ccc(C)cc1. The van der Waals surface area contributed by atoms with Gasteiger partial charge in [0, 0.05) is 17.3 Å². The van der Waals surface area contributed by atoms with Crippen LogP contribution in [0.25, 0.3) is 0 Å². The zero-order valence-electron chi connectivity index (χ0n) is 17.1. The summed E-state index contributed by atoms with van der Waals surface area (Å²) < 4.78 is 33.7. The molecule has 2 atom stereocenters. The van der Waals surface area contributed by atoms with Crippen LogP contribution in [0.3, 0.4) is 0 Å². The molecule has 0 aliphatic heterocycles. The van der Waals surface area contributed by atoms with Crippen LogP contribution in [0.5, 0.6) is 5.75 Å². The van der Waals surface area contributed by atoms with Crippen molar-refractivity contribution in [2.45, 2.75) is 50.5 Å². The number of rotatable bonds is 6. The first-order valence-corrected chi connectivity index (χ1v) is 11.4. The second-order valence-corrected chi connectivity index (χ2v) is 9.33. The highest BCUT2D eigenvalue weighted by molar-refractivity contribution is 7.92. The summed E-state index contributed by atoms with van der Waals surface area (Å²) >= 11 is 0. The number of hydrogen-bond donors (Lipinski definition) is 2. The van der Waals surface area contributed by atoms with Crippen molar-refractivity contribution >= 4 is 21.6 Å². The first-order valence-electron chi connectivity index (χ1n) is 9.88. The first-order chi connectivity index (χ1) is 13.8. The molecule has 2 N–H and O–H groups in total. The van der Waals surface area contributed by atoms with E-state index in [2.05, 4.69) is 17.0 Å². The average Bonchev–Trinajstić information content (AvgIpc) is 2.70. The van der Waals surface area contributed by atoms with E-state index in [4.69, 9.17) is 4.74 Å². The third-order valence-corrected chi connectivity index (χ3v) is 6.85. The lowest BCUT2D eigenvalue weighted by Gasteiger charge is -2.29. The Morgan fingerprint density at radius 2 is 1.76 bits per heavy atom. The fourth-order valence-corrected chi connectivity index (χ4v) is 4.90. The van der Waals surface area contributed by atoms with Gasteiger partial charge in [-0.25, -0.2) is 8.42 Å². The van der Waals surface area contributed by atoms with Crippen molar-refractivity contribution in [1.29, 1.82) is 0 Å². The van der Waals surface area contributed by atoms with Gasteiger partial charge in [0.1, 0.15) is 10.6 Å². The molecule has 1 aliphatic rings. The summed E-state index contributed by atoms with van der Waals surface area (Å²) in [6.07, 6.45) is 4.32. The first kappa shape index (κ1) is 21.2. The molecule has 0 heterocycles. The number of aryl methyl sites for hydroxylation is 1. The van der Waals surface area contributed by atoms with Gasteiger partial charge in [0.2, 0.25) is 0 Å². The third-order valence-electron chi connectivity index (χ3n) is 5.45. The molecular formula is C22H28N2O4S. The predicted molar refractivity (Wildman–Crippen MR) is 114 cm³/mol. The number of hydrogen-bond acceptors (Lipinski definition) is 4. The van der Waals surface area contributed by atoms with Gasteiger partial charge in [0.25, 0.3) is 15.9 Å². The van der Waals surface area contributed by atoms with Gasteiger partial charge in [-0.3, -0.25) is 9.52 Å². The van der Waals surface area contributed by atoms with Gasteiger partial charge >= 0.3 is 0 Å². The molecule has 3 rings (SSSR count). The second kappa shape index (κ2) is 8.86. The molecule has 1 amide bonds. The van der Waals surface area contributed by atoms with Gasteiger partial charge in [-0.1, -0.05) is 37.5 Å². The molecular weight excluding hydrogens is 388 g/mol. The number of sulfonamides is 1. The molecule has 0 saturated heterocycles. The van der Waals surface area contributed by atoms with Crippen molar-refractivity contribution < 1.29 is 17.9 Å². The molecule has 1 fully saturated rings. The molecule has 2 aromatic carbocycles. The largest absolute Gasteiger partial charge is 0.495 e. The highest BCUT2D eigenvalue weighted by atomic mass is 32.2. The fourth-order valence-electron chi connectivity index (χ4n) is 3.64. The summed E-state index contributed by atoms with van der Waals surface area (Å²) in [5.41, 5.74) is 1.78. The Kier molecular flexibility index (Phi) is 6.47. The van der Waals surface area contributed by atoms with Crippen molar-refractivity contribution in [3.8, 4) is 5.75 Å². The monoisotopic (exact) mass is 416 g/mol. The third kappa shape index (κ3) is 5.09. The number of carbonyl (C=O) groups is 1. The summed E-state index contributed by atoms with van der Waals surface area (Å²) in [6, 6.07) is 11.6. The van der Waals surface area contributed by atoms with Crippen LogP contribution in [0.4, 0.5) is 5.69 Å². The topological polar surface area (TPSA) is 84.5 Å². The van der Waals surface area contributed by atoms with E-state index in [0.717, 1.165) is 24.8 Å². The van der Waals surface area contributed by atoms with Crippen LogP contribution >= 0.6 is 0 Å². The lowest BCUT2D eigenvalue weighted by molar-refractivity contribution is 0.0910. The number of benzene rings is 2. The molecule has 0 unspecified atom stereocenters. The van der Waals surface area contributed by atoms with Crippen LogP contribution < -0.4 is 14.8 Å². The number of nitrogens with one attached hydrogen (secondary N) is 2. The van der Waals surface area contributed by atoms with Gasteiger partial charge in [-0.15, -0.1) is 0 Å². The van der Waals surface area contributed by atoms with Crippen LogP contribution in [0, 0.1) is 12.8 Å². The van der Waals surface area contributed by atoms with Crippen LogP contribution in [0.1, 0.15) is 48.5 Å². The standard InChI is InChI=1S/C22H28N2O4S/c1-15-8-11-18(12-9-15)24-29(26,27)21-14-17(10-13-20(21)28-3)22(25)23-19-7-5-4-6-16(19)2/h8-14,16,19,24H,4-7H2,1-3H3,(H,23,25)/t16-,19+/m1/s1. The van der Waals surface area contributed by atoms with Crippen molar-refractivity contribution in [2.75, 3.05) is 11.8 Å². The molecule has 0 radical (unpaired) electrons. The highest BCUT2D eigenvalue weighted by Gasteiger charge is 2.25. The quantitative estimate of drug-likeness (QED) is 0.742. The van der Waals surface area contributed by atoms with Crippen molar-refractivity contribution in [1.82, 2.24) is 5.32 Å². The Morgan fingerprint density at radius 3 is 2.41 bits per heavy atom. The molecule has 156 valence electrons. The number of ether oxygens (including phenoxy) is 1. The summed E-state index contributed by atoms with van der Waals surface area (Å²) in [6.45, 7) is 4.07. The minimum atomic E-state index is -3.92. The molecule has 29 heavy (non-hydrogen) atoms. The van der Waals surface area contributed by atoms with Crippen LogP contribution in [0.2, 0.25) is 0 Å². The maximum absolute atomic E-state index is 13.0. The van der Waals surface area contributed by atoms with Gasteiger partial charge in [0.05, 0.1) is 7.11 Å². The van der Waals surface area contributed by atoms with Crippen molar-refractivity contribution in [3.05, 3.63) is 53.6 Å².